The maximum Gasteiger partial charge on any atom is 0.368 e. The summed E-state index contributed by atoms with van der Waals surface area (Å²) in [7, 11) is -3.74. The number of nitrogen functional groups attached to an aromatic ring is 1. The zero-order valence-electron chi connectivity index (χ0n) is 13.1. The van der Waals surface area contributed by atoms with Crippen LogP contribution >= 0.6 is 7.60 Å². The quantitative estimate of drug-likeness (QED) is 0.340. The minimum Gasteiger partial charge on any atom is -0.462 e. The minimum atomic E-state index is -3.74. The highest BCUT2D eigenvalue weighted by Crippen LogP contribution is 2.57. The van der Waals surface area contributed by atoms with Crippen LogP contribution in [0.1, 0.15) is 26.3 Å². The Morgan fingerprint density at radius 1 is 1.09 bits per heavy atom. The summed E-state index contributed by atoms with van der Waals surface area (Å²) in [6, 6.07) is 6.77. The van der Waals surface area contributed by atoms with Gasteiger partial charge in [0.15, 0.2) is 0 Å². The van der Waals surface area contributed by atoms with Gasteiger partial charge in [-0.05, 0) is 44.5 Å². The molecule has 0 saturated carbocycles. The molecule has 0 unspecified atom stereocenters. The average molecular weight is 327 g/mol. The maximum atomic E-state index is 12.9. The van der Waals surface area contributed by atoms with Gasteiger partial charge in [-0.15, -0.1) is 0 Å². The van der Waals surface area contributed by atoms with E-state index in [1.165, 1.54) is 6.08 Å². The van der Waals surface area contributed by atoms with E-state index in [1.807, 2.05) is 0 Å². The van der Waals surface area contributed by atoms with E-state index in [9.17, 15) is 9.36 Å². The van der Waals surface area contributed by atoms with Crippen molar-refractivity contribution in [3.8, 4) is 0 Å². The molecule has 0 amide bonds. The van der Waals surface area contributed by atoms with Gasteiger partial charge < -0.3 is 19.5 Å². The predicted molar refractivity (Wildman–Crippen MR) is 86.3 cm³/mol. The van der Waals surface area contributed by atoms with Gasteiger partial charge in [0, 0.05) is 5.69 Å². The van der Waals surface area contributed by atoms with Gasteiger partial charge in [-0.2, -0.15) is 0 Å². The molecule has 22 heavy (non-hydrogen) atoms. The predicted octanol–water partition coefficient (Wildman–Crippen LogP) is 3.44. The Balaban J connectivity index is 3.29. The minimum absolute atomic E-state index is 0.122. The van der Waals surface area contributed by atoms with Crippen molar-refractivity contribution in [1.82, 2.24) is 0 Å². The summed E-state index contributed by atoms with van der Waals surface area (Å²) in [6.45, 7) is 5.49. The average Bonchev–Trinajstić information content (AvgIpc) is 2.47. The lowest BCUT2D eigenvalue weighted by Gasteiger charge is -2.19. The second-order valence-corrected chi connectivity index (χ2v) is 6.24. The SMILES string of the molecule is CCOC(=O)/C(=C\c1ccc(N)cc1)P(=O)(OCC)OCC. The van der Waals surface area contributed by atoms with Gasteiger partial charge in [0.25, 0.3) is 0 Å². The highest BCUT2D eigenvalue weighted by Gasteiger charge is 2.35. The molecule has 1 rings (SSSR count). The molecule has 0 aromatic heterocycles. The van der Waals surface area contributed by atoms with Crippen molar-refractivity contribution in [2.24, 2.45) is 0 Å². The number of nitrogens with two attached hydrogens (primary N) is 1. The normalized spacial score (nSPS) is 12.2. The summed E-state index contributed by atoms with van der Waals surface area (Å²) in [6.07, 6.45) is 1.45. The fourth-order valence-electron chi connectivity index (χ4n) is 1.72. The van der Waals surface area contributed by atoms with E-state index in [0.717, 1.165) is 0 Å². The van der Waals surface area contributed by atoms with Gasteiger partial charge in [-0.1, -0.05) is 12.1 Å². The van der Waals surface area contributed by atoms with E-state index in [1.54, 1.807) is 45.0 Å². The van der Waals surface area contributed by atoms with Gasteiger partial charge in [-0.25, -0.2) is 4.79 Å². The van der Waals surface area contributed by atoms with Crippen LogP contribution in [-0.4, -0.2) is 25.8 Å². The highest BCUT2D eigenvalue weighted by atomic mass is 31.2. The van der Waals surface area contributed by atoms with Crippen LogP contribution in [0.4, 0.5) is 5.69 Å². The molecule has 0 fully saturated rings. The lowest BCUT2D eigenvalue weighted by molar-refractivity contribution is -0.137. The van der Waals surface area contributed by atoms with Crippen molar-refractivity contribution in [3.05, 3.63) is 35.1 Å². The molecule has 0 radical (unpaired) electrons. The van der Waals surface area contributed by atoms with Crippen molar-refractivity contribution >= 4 is 25.3 Å². The Morgan fingerprint density at radius 3 is 2.09 bits per heavy atom. The molecule has 122 valence electrons. The summed E-state index contributed by atoms with van der Waals surface area (Å²) in [4.78, 5) is 12.2. The van der Waals surface area contributed by atoms with E-state index in [-0.39, 0.29) is 25.1 Å². The number of benzene rings is 1. The molecule has 0 aliphatic heterocycles. The third kappa shape index (κ3) is 4.98. The Hall–Kier alpha value is -1.62. The molecule has 0 heterocycles. The summed E-state index contributed by atoms with van der Waals surface area (Å²) in [5.41, 5.74) is 6.87. The summed E-state index contributed by atoms with van der Waals surface area (Å²) >= 11 is 0. The highest BCUT2D eigenvalue weighted by molar-refractivity contribution is 7.60. The van der Waals surface area contributed by atoms with Crippen LogP contribution in [0.3, 0.4) is 0 Å². The lowest BCUT2D eigenvalue weighted by atomic mass is 10.2. The number of esters is 1. The maximum absolute atomic E-state index is 12.9. The fourth-order valence-corrected chi connectivity index (χ4v) is 3.35. The van der Waals surface area contributed by atoms with Gasteiger partial charge in [0.05, 0.1) is 19.8 Å². The van der Waals surface area contributed by atoms with Crippen molar-refractivity contribution in [2.45, 2.75) is 20.8 Å². The van der Waals surface area contributed by atoms with E-state index >= 15 is 0 Å². The Morgan fingerprint density at radius 2 is 1.64 bits per heavy atom. The molecule has 1 aromatic rings. The molecule has 0 atom stereocenters. The van der Waals surface area contributed by atoms with Crippen molar-refractivity contribution < 1.29 is 23.1 Å². The summed E-state index contributed by atoms with van der Waals surface area (Å²) < 4.78 is 28.3. The van der Waals surface area contributed by atoms with Gasteiger partial charge in [-0.3, -0.25) is 4.57 Å². The molecule has 6 nitrogen and oxygen atoms in total. The zero-order valence-corrected chi connectivity index (χ0v) is 14.0. The first-order valence-electron chi connectivity index (χ1n) is 7.10. The Kier molecular flexibility index (Phi) is 7.32. The van der Waals surface area contributed by atoms with Gasteiger partial charge in [0.2, 0.25) is 0 Å². The van der Waals surface area contributed by atoms with Gasteiger partial charge in [0.1, 0.15) is 5.31 Å². The van der Waals surface area contributed by atoms with E-state index in [0.29, 0.717) is 11.3 Å². The molecule has 0 saturated heterocycles. The standard InChI is InChI=1S/C15H22NO5P/c1-4-19-15(17)14(22(18,20-5-2)21-6-3)11-12-7-9-13(16)10-8-12/h7-11H,4-6,16H2,1-3H3/b14-11+. The Bertz CT molecular complexity index is 558. The Labute approximate surface area is 130 Å². The first-order valence-corrected chi connectivity index (χ1v) is 8.65. The molecular weight excluding hydrogens is 305 g/mol. The van der Waals surface area contributed by atoms with E-state index in [4.69, 9.17) is 19.5 Å². The lowest BCUT2D eigenvalue weighted by Crippen LogP contribution is -2.11. The van der Waals surface area contributed by atoms with Crippen LogP contribution in [0, 0.1) is 0 Å². The second kappa shape index (κ2) is 8.73. The molecule has 0 spiro atoms. The van der Waals surface area contributed by atoms with Crippen LogP contribution in [0.15, 0.2) is 29.6 Å². The van der Waals surface area contributed by atoms with Crippen molar-refractivity contribution in [3.63, 3.8) is 0 Å². The third-order valence-corrected chi connectivity index (χ3v) is 4.72. The number of carbonyl (C=O) groups is 1. The molecule has 0 aliphatic carbocycles. The number of anilines is 1. The van der Waals surface area contributed by atoms with Gasteiger partial charge >= 0.3 is 13.6 Å². The molecule has 7 heteroatoms. The molecule has 0 aliphatic rings. The smallest absolute Gasteiger partial charge is 0.368 e. The van der Waals surface area contributed by atoms with Crippen LogP contribution in [0.5, 0.6) is 0 Å². The fraction of sp³-hybridized carbons (Fsp3) is 0.400. The summed E-state index contributed by atoms with van der Waals surface area (Å²) in [5, 5.41) is -0.122. The number of rotatable bonds is 8. The molecule has 1 aromatic carbocycles. The second-order valence-electron chi connectivity index (χ2n) is 4.25. The monoisotopic (exact) mass is 327 g/mol. The zero-order chi connectivity index (χ0) is 16.6. The van der Waals surface area contributed by atoms with Crippen molar-refractivity contribution in [2.75, 3.05) is 25.6 Å². The molecular formula is C15H22NO5P. The first-order chi connectivity index (χ1) is 10.5. The van der Waals surface area contributed by atoms with E-state index in [2.05, 4.69) is 0 Å². The van der Waals surface area contributed by atoms with Crippen molar-refractivity contribution in [1.29, 1.82) is 0 Å². The number of hydrogen-bond donors (Lipinski definition) is 1. The molecule has 0 bridgehead atoms. The largest absolute Gasteiger partial charge is 0.462 e. The topological polar surface area (TPSA) is 87.9 Å². The first kappa shape index (κ1) is 18.4. The van der Waals surface area contributed by atoms with Crippen LogP contribution < -0.4 is 5.73 Å². The summed E-state index contributed by atoms with van der Waals surface area (Å²) in [5.74, 6) is -0.718. The van der Waals surface area contributed by atoms with Crippen LogP contribution in [0.2, 0.25) is 0 Å². The van der Waals surface area contributed by atoms with Crippen LogP contribution in [0.25, 0.3) is 6.08 Å². The number of hydrogen-bond acceptors (Lipinski definition) is 6. The number of ether oxygens (including phenoxy) is 1. The molecule has 2 N–H and O–H groups in total. The van der Waals surface area contributed by atoms with Crippen LogP contribution in [-0.2, 0) is 23.1 Å². The van der Waals surface area contributed by atoms with E-state index < -0.39 is 13.6 Å². The third-order valence-electron chi connectivity index (χ3n) is 2.62. The number of carbonyl (C=O) groups excluding carboxylic acids is 1.